The Labute approximate surface area is 123 Å². The minimum absolute atomic E-state index is 0.108. The summed E-state index contributed by atoms with van der Waals surface area (Å²) in [4.78, 5) is 0. The van der Waals surface area contributed by atoms with Crippen LogP contribution in [0.5, 0.6) is 0 Å². The van der Waals surface area contributed by atoms with Crippen molar-refractivity contribution >= 4 is 11.5 Å². The zero-order valence-corrected chi connectivity index (χ0v) is 11.8. The Kier molecular flexibility index (Phi) is 4.77. The lowest BCUT2D eigenvalue weighted by Crippen LogP contribution is -2.14. The fourth-order valence-corrected chi connectivity index (χ4v) is 2.02. The van der Waals surface area contributed by atoms with E-state index in [9.17, 15) is 4.39 Å². The van der Waals surface area contributed by atoms with Crippen molar-refractivity contribution in [2.24, 2.45) is 10.9 Å². The number of nitrogens with two attached hydrogens (primary N) is 1. The number of hydrogen-bond donors (Lipinski definition) is 3. The topological polar surface area (TPSA) is 70.6 Å². The van der Waals surface area contributed by atoms with Crippen molar-refractivity contribution < 1.29 is 9.60 Å². The summed E-state index contributed by atoms with van der Waals surface area (Å²) in [6.07, 6.45) is 0.993. The number of amidine groups is 1. The van der Waals surface area contributed by atoms with E-state index in [1.807, 2.05) is 12.1 Å². The summed E-state index contributed by atoms with van der Waals surface area (Å²) in [6.45, 7) is 2.55. The second-order valence-corrected chi connectivity index (χ2v) is 4.74. The minimum atomic E-state index is -0.419. The zero-order valence-electron chi connectivity index (χ0n) is 11.8. The molecule has 0 unspecified atom stereocenters. The first-order valence-electron chi connectivity index (χ1n) is 6.72. The highest BCUT2D eigenvalue weighted by Gasteiger charge is 2.05. The van der Waals surface area contributed by atoms with Gasteiger partial charge in [0.2, 0.25) is 0 Å². The maximum atomic E-state index is 13.5. The average Bonchev–Trinajstić information content (AvgIpc) is 2.52. The third-order valence-corrected chi connectivity index (χ3v) is 3.22. The number of nitrogens with one attached hydrogen (secondary N) is 1. The summed E-state index contributed by atoms with van der Waals surface area (Å²) in [5.41, 5.74) is 8.78. The molecule has 0 bridgehead atoms. The van der Waals surface area contributed by atoms with E-state index in [0.29, 0.717) is 12.1 Å². The Hall–Kier alpha value is -2.56. The summed E-state index contributed by atoms with van der Waals surface area (Å²) in [5, 5.41) is 14.8. The number of aryl methyl sites for hydroxylation is 1. The molecule has 0 aliphatic heterocycles. The minimum Gasteiger partial charge on any atom is -0.409 e. The van der Waals surface area contributed by atoms with Gasteiger partial charge >= 0.3 is 0 Å². The van der Waals surface area contributed by atoms with Crippen LogP contribution in [-0.4, -0.2) is 11.0 Å². The first-order chi connectivity index (χ1) is 10.1. The van der Waals surface area contributed by atoms with E-state index in [2.05, 4.69) is 29.5 Å². The lowest BCUT2D eigenvalue weighted by Gasteiger charge is -2.09. The molecule has 2 aromatic rings. The molecule has 0 saturated carbocycles. The Bertz CT molecular complexity index is 638. The van der Waals surface area contributed by atoms with Crippen molar-refractivity contribution in [1.29, 1.82) is 0 Å². The standard InChI is InChI=1S/C16H18FN3O/c1-2-11-3-5-15(6-4-11)19-10-12-7-13(16(18)20-21)9-14(17)8-12/h3-9,19,21H,2,10H2,1H3,(H2,18,20). The van der Waals surface area contributed by atoms with Gasteiger partial charge in [0.25, 0.3) is 0 Å². The molecule has 110 valence electrons. The molecule has 0 radical (unpaired) electrons. The summed E-state index contributed by atoms with van der Waals surface area (Å²) in [5.74, 6) is -0.528. The van der Waals surface area contributed by atoms with E-state index in [1.165, 1.54) is 17.7 Å². The lowest BCUT2D eigenvalue weighted by atomic mass is 10.1. The SMILES string of the molecule is CCc1ccc(NCc2cc(F)cc(/C(N)=N/O)c2)cc1. The van der Waals surface area contributed by atoms with E-state index in [4.69, 9.17) is 10.9 Å². The molecule has 21 heavy (non-hydrogen) atoms. The molecule has 0 aliphatic carbocycles. The van der Waals surface area contributed by atoms with Gasteiger partial charge in [-0.1, -0.05) is 24.2 Å². The second kappa shape index (κ2) is 6.74. The van der Waals surface area contributed by atoms with Crippen LogP contribution in [0.2, 0.25) is 0 Å². The van der Waals surface area contributed by atoms with Crippen LogP contribution in [-0.2, 0) is 13.0 Å². The van der Waals surface area contributed by atoms with Gasteiger partial charge in [-0.15, -0.1) is 0 Å². The van der Waals surface area contributed by atoms with E-state index in [-0.39, 0.29) is 5.84 Å². The number of anilines is 1. The number of hydrogen-bond acceptors (Lipinski definition) is 3. The Morgan fingerprint density at radius 3 is 2.52 bits per heavy atom. The Morgan fingerprint density at radius 1 is 1.19 bits per heavy atom. The lowest BCUT2D eigenvalue weighted by molar-refractivity contribution is 0.318. The monoisotopic (exact) mass is 287 g/mol. The smallest absolute Gasteiger partial charge is 0.170 e. The van der Waals surface area contributed by atoms with Gasteiger partial charge in [-0.25, -0.2) is 4.39 Å². The average molecular weight is 287 g/mol. The van der Waals surface area contributed by atoms with Gasteiger partial charge in [0.1, 0.15) is 5.82 Å². The summed E-state index contributed by atoms with van der Waals surface area (Å²) in [7, 11) is 0. The van der Waals surface area contributed by atoms with Crippen molar-refractivity contribution in [2.45, 2.75) is 19.9 Å². The highest BCUT2D eigenvalue weighted by molar-refractivity contribution is 5.97. The van der Waals surface area contributed by atoms with Gasteiger partial charge in [-0.3, -0.25) is 0 Å². The van der Waals surface area contributed by atoms with E-state index in [0.717, 1.165) is 17.7 Å². The molecule has 0 spiro atoms. The molecule has 5 heteroatoms. The quantitative estimate of drug-likeness (QED) is 0.342. The molecular formula is C16H18FN3O. The van der Waals surface area contributed by atoms with Gasteiger partial charge in [-0.05, 0) is 47.9 Å². The molecule has 0 amide bonds. The predicted octanol–water partition coefficient (Wildman–Crippen LogP) is 3.09. The van der Waals surface area contributed by atoms with Crippen molar-refractivity contribution in [1.82, 2.24) is 0 Å². The first kappa shape index (κ1) is 14.8. The maximum absolute atomic E-state index is 13.5. The summed E-state index contributed by atoms with van der Waals surface area (Å²) >= 11 is 0. The number of halogens is 1. The Morgan fingerprint density at radius 2 is 1.90 bits per heavy atom. The normalized spacial score (nSPS) is 11.4. The van der Waals surface area contributed by atoms with Gasteiger partial charge in [-0.2, -0.15) is 0 Å². The van der Waals surface area contributed by atoms with Gasteiger partial charge < -0.3 is 16.3 Å². The molecule has 4 N–H and O–H groups in total. The third kappa shape index (κ3) is 3.95. The summed E-state index contributed by atoms with van der Waals surface area (Å²) < 4.78 is 13.5. The van der Waals surface area contributed by atoms with E-state index < -0.39 is 5.82 Å². The molecule has 0 aromatic heterocycles. The molecule has 4 nitrogen and oxygen atoms in total. The van der Waals surface area contributed by atoms with Crippen LogP contribution in [0.3, 0.4) is 0 Å². The number of oxime groups is 1. The van der Waals surface area contributed by atoms with Crippen LogP contribution in [0.25, 0.3) is 0 Å². The summed E-state index contributed by atoms with van der Waals surface area (Å²) in [6, 6.07) is 12.4. The van der Waals surface area contributed by atoms with Gasteiger partial charge in [0, 0.05) is 17.8 Å². The second-order valence-electron chi connectivity index (χ2n) is 4.74. The van der Waals surface area contributed by atoms with Crippen molar-refractivity contribution in [2.75, 3.05) is 5.32 Å². The third-order valence-electron chi connectivity index (χ3n) is 3.22. The van der Waals surface area contributed by atoms with Crippen LogP contribution >= 0.6 is 0 Å². The number of rotatable bonds is 5. The van der Waals surface area contributed by atoms with Crippen LogP contribution < -0.4 is 11.1 Å². The van der Waals surface area contributed by atoms with Gasteiger partial charge in [0.15, 0.2) is 5.84 Å². The largest absolute Gasteiger partial charge is 0.409 e. The fourth-order valence-electron chi connectivity index (χ4n) is 2.02. The van der Waals surface area contributed by atoms with Crippen LogP contribution in [0.4, 0.5) is 10.1 Å². The molecule has 0 aliphatic rings. The Balaban J connectivity index is 2.10. The highest BCUT2D eigenvalue weighted by Crippen LogP contribution is 2.14. The van der Waals surface area contributed by atoms with Crippen molar-refractivity contribution in [3.8, 4) is 0 Å². The van der Waals surface area contributed by atoms with Crippen LogP contribution in [0.1, 0.15) is 23.6 Å². The van der Waals surface area contributed by atoms with Crippen molar-refractivity contribution in [3.05, 3.63) is 65.0 Å². The van der Waals surface area contributed by atoms with E-state index in [1.54, 1.807) is 6.07 Å². The first-order valence-corrected chi connectivity index (χ1v) is 6.72. The van der Waals surface area contributed by atoms with Crippen LogP contribution in [0.15, 0.2) is 47.6 Å². The fraction of sp³-hybridized carbons (Fsp3) is 0.188. The molecule has 0 saturated heterocycles. The van der Waals surface area contributed by atoms with Crippen molar-refractivity contribution in [3.63, 3.8) is 0 Å². The van der Waals surface area contributed by atoms with E-state index >= 15 is 0 Å². The maximum Gasteiger partial charge on any atom is 0.170 e. The molecule has 0 heterocycles. The molecule has 2 rings (SSSR count). The molecule has 2 aromatic carbocycles. The van der Waals surface area contributed by atoms with Gasteiger partial charge in [0.05, 0.1) is 0 Å². The molecular weight excluding hydrogens is 269 g/mol. The predicted molar refractivity (Wildman–Crippen MR) is 82.1 cm³/mol. The van der Waals surface area contributed by atoms with Crippen LogP contribution in [0, 0.1) is 5.82 Å². The number of benzene rings is 2. The zero-order chi connectivity index (χ0) is 15.2. The number of nitrogens with zero attached hydrogens (tertiary/aromatic N) is 1. The highest BCUT2D eigenvalue weighted by atomic mass is 19.1. The molecule has 0 atom stereocenters. The molecule has 0 fully saturated rings.